The third kappa shape index (κ3) is 4.66. The van der Waals surface area contributed by atoms with Crippen LogP contribution in [-0.2, 0) is 0 Å². The maximum Gasteiger partial charge on any atom is 0.258 e. The van der Waals surface area contributed by atoms with E-state index in [0.29, 0.717) is 22.7 Å². The van der Waals surface area contributed by atoms with Gasteiger partial charge < -0.3 is 20.6 Å². The first-order chi connectivity index (χ1) is 18.6. The number of aliphatic hydroxyl groups excluding tert-OH is 1. The first kappa shape index (κ1) is 24.6. The van der Waals surface area contributed by atoms with Crippen molar-refractivity contribution in [3.8, 4) is 0 Å². The molecule has 3 heterocycles. The SMILES string of the molecule is Cc1c(C(O)c2ccccc2)c(=O)n(C2CCCC2)c2nc(Nc3ccc(N4CCNCC4)cc3)ncc12. The smallest absolute Gasteiger partial charge is 0.258 e. The number of aryl methyl sites for hydroxylation is 1. The second-order valence-corrected chi connectivity index (χ2v) is 10.3. The number of rotatable bonds is 6. The summed E-state index contributed by atoms with van der Waals surface area (Å²) in [6.45, 7) is 5.88. The fourth-order valence-corrected chi connectivity index (χ4v) is 5.85. The number of anilines is 3. The Morgan fingerprint density at radius 1 is 1.03 bits per heavy atom. The van der Waals surface area contributed by atoms with Gasteiger partial charge in [-0.15, -0.1) is 0 Å². The molecule has 2 aromatic heterocycles. The molecule has 3 N–H and O–H groups in total. The number of fused-ring (bicyclic) bond motifs is 1. The molecule has 0 bridgehead atoms. The van der Waals surface area contributed by atoms with Crippen molar-refractivity contribution >= 4 is 28.4 Å². The molecule has 38 heavy (non-hydrogen) atoms. The number of aliphatic hydroxyl groups is 1. The van der Waals surface area contributed by atoms with Crippen LogP contribution in [-0.4, -0.2) is 45.8 Å². The molecule has 2 fully saturated rings. The van der Waals surface area contributed by atoms with E-state index in [4.69, 9.17) is 4.98 Å². The van der Waals surface area contributed by atoms with Gasteiger partial charge in [-0.2, -0.15) is 4.98 Å². The fourth-order valence-electron chi connectivity index (χ4n) is 5.85. The van der Waals surface area contributed by atoms with Gasteiger partial charge >= 0.3 is 0 Å². The minimum absolute atomic E-state index is 0.0633. The van der Waals surface area contributed by atoms with Crippen molar-refractivity contribution in [2.75, 3.05) is 36.4 Å². The zero-order valence-electron chi connectivity index (χ0n) is 21.7. The highest BCUT2D eigenvalue weighted by atomic mass is 16.3. The molecule has 1 saturated carbocycles. The van der Waals surface area contributed by atoms with E-state index in [-0.39, 0.29) is 11.6 Å². The van der Waals surface area contributed by atoms with Gasteiger partial charge in [0.1, 0.15) is 11.8 Å². The van der Waals surface area contributed by atoms with Crippen molar-refractivity contribution in [3.63, 3.8) is 0 Å². The number of pyridine rings is 1. The standard InChI is InChI=1S/C30H34N6O2/c1-20-25-19-32-30(33-22-11-13-23(14-12-22)35-17-15-31-16-18-35)34-28(25)36(24-9-5-6-10-24)29(38)26(20)27(37)21-7-3-2-4-8-21/h2-4,7-8,11-14,19,24,27,31,37H,5-6,9-10,15-18H2,1H3,(H,32,33,34). The lowest BCUT2D eigenvalue weighted by Crippen LogP contribution is -2.43. The van der Waals surface area contributed by atoms with Crippen molar-refractivity contribution in [3.05, 3.63) is 87.8 Å². The van der Waals surface area contributed by atoms with E-state index in [1.54, 1.807) is 6.20 Å². The summed E-state index contributed by atoms with van der Waals surface area (Å²) in [4.78, 5) is 25.8. The maximum absolute atomic E-state index is 14.0. The summed E-state index contributed by atoms with van der Waals surface area (Å²) in [6.07, 6.45) is 4.80. The highest BCUT2D eigenvalue weighted by Crippen LogP contribution is 2.34. The molecule has 1 unspecified atom stereocenters. The van der Waals surface area contributed by atoms with Gasteiger partial charge in [-0.25, -0.2) is 4.98 Å². The molecule has 1 saturated heterocycles. The lowest BCUT2D eigenvalue weighted by molar-refractivity contribution is 0.217. The number of aromatic nitrogens is 3. The second kappa shape index (κ2) is 10.6. The predicted octanol–water partition coefficient (Wildman–Crippen LogP) is 4.45. The van der Waals surface area contributed by atoms with Gasteiger partial charge in [0, 0.05) is 55.2 Å². The summed E-state index contributed by atoms with van der Waals surface area (Å²) >= 11 is 0. The first-order valence-corrected chi connectivity index (χ1v) is 13.6. The van der Waals surface area contributed by atoms with Crippen LogP contribution in [0, 0.1) is 6.92 Å². The summed E-state index contributed by atoms with van der Waals surface area (Å²) in [5.41, 5.74) is 4.39. The van der Waals surface area contributed by atoms with E-state index in [0.717, 1.165) is 68.5 Å². The number of hydrogen-bond acceptors (Lipinski definition) is 7. The second-order valence-electron chi connectivity index (χ2n) is 10.3. The third-order valence-electron chi connectivity index (χ3n) is 7.94. The Balaban J connectivity index is 1.38. The molecule has 1 aliphatic carbocycles. The van der Waals surface area contributed by atoms with E-state index < -0.39 is 6.10 Å². The maximum atomic E-state index is 14.0. The van der Waals surface area contributed by atoms with Crippen LogP contribution >= 0.6 is 0 Å². The highest BCUT2D eigenvalue weighted by Gasteiger charge is 2.27. The number of hydrogen-bond donors (Lipinski definition) is 3. The van der Waals surface area contributed by atoms with Crippen LogP contribution in [0.5, 0.6) is 0 Å². The molecule has 8 nitrogen and oxygen atoms in total. The molecule has 0 radical (unpaired) electrons. The highest BCUT2D eigenvalue weighted by molar-refractivity contribution is 5.81. The minimum Gasteiger partial charge on any atom is -0.383 e. The average molecular weight is 511 g/mol. The Kier molecular flexibility index (Phi) is 6.82. The molecule has 0 spiro atoms. The fraction of sp³-hybridized carbons (Fsp3) is 0.367. The Morgan fingerprint density at radius 2 is 1.74 bits per heavy atom. The number of nitrogens with one attached hydrogen (secondary N) is 2. The van der Waals surface area contributed by atoms with Crippen molar-refractivity contribution < 1.29 is 5.11 Å². The molecule has 8 heteroatoms. The van der Waals surface area contributed by atoms with Gasteiger partial charge in [0.05, 0.1) is 5.56 Å². The Morgan fingerprint density at radius 3 is 2.45 bits per heavy atom. The number of nitrogens with zero attached hydrogens (tertiary/aromatic N) is 4. The van der Waals surface area contributed by atoms with Crippen LogP contribution in [0.3, 0.4) is 0 Å². The van der Waals surface area contributed by atoms with Gasteiger partial charge in [0.15, 0.2) is 0 Å². The largest absolute Gasteiger partial charge is 0.383 e. The van der Waals surface area contributed by atoms with E-state index in [1.807, 2.05) is 54.0 Å². The molecule has 1 atom stereocenters. The van der Waals surface area contributed by atoms with E-state index >= 15 is 0 Å². The topological polar surface area (TPSA) is 95.3 Å². The normalized spacial score (nSPS) is 17.2. The Bertz CT molecular complexity index is 1470. The van der Waals surface area contributed by atoms with Crippen molar-refractivity contribution in [1.82, 2.24) is 19.9 Å². The quantitative estimate of drug-likeness (QED) is 0.353. The third-order valence-corrected chi connectivity index (χ3v) is 7.94. The van der Waals surface area contributed by atoms with Crippen LogP contribution in [0.25, 0.3) is 11.0 Å². The van der Waals surface area contributed by atoms with E-state index in [9.17, 15) is 9.90 Å². The molecule has 2 aliphatic rings. The summed E-state index contributed by atoms with van der Waals surface area (Å²) in [5, 5.41) is 18.8. The van der Waals surface area contributed by atoms with Crippen LogP contribution in [0.15, 0.2) is 65.6 Å². The predicted molar refractivity (Wildman–Crippen MR) is 151 cm³/mol. The van der Waals surface area contributed by atoms with Crippen LogP contribution in [0.1, 0.15) is 54.5 Å². The van der Waals surface area contributed by atoms with Crippen LogP contribution < -0.4 is 21.1 Å². The molecule has 1 aliphatic heterocycles. The summed E-state index contributed by atoms with van der Waals surface area (Å²) in [7, 11) is 0. The lowest BCUT2D eigenvalue weighted by Gasteiger charge is -2.29. The van der Waals surface area contributed by atoms with Crippen LogP contribution in [0.4, 0.5) is 17.3 Å². The van der Waals surface area contributed by atoms with Crippen LogP contribution in [0.2, 0.25) is 0 Å². The molecule has 4 aromatic rings. The van der Waals surface area contributed by atoms with E-state index in [2.05, 4.69) is 32.7 Å². The summed E-state index contributed by atoms with van der Waals surface area (Å²) in [6, 6.07) is 17.7. The molecular weight excluding hydrogens is 476 g/mol. The van der Waals surface area contributed by atoms with Crippen molar-refractivity contribution in [2.45, 2.75) is 44.8 Å². The Labute approximate surface area is 222 Å². The summed E-state index contributed by atoms with van der Waals surface area (Å²) in [5.74, 6) is 0.453. The van der Waals surface area contributed by atoms with Gasteiger partial charge in [-0.1, -0.05) is 43.2 Å². The molecular formula is C30H34N6O2. The first-order valence-electron chi connectivity index (χ1n) is 13.6. The minimum atomic E-state index is -1.01. The van der Waals surface area contributed by atoms with Gasteiger partial charge in [-0.3, -0.25) is 9.36 Å². The van der Waals surface area contributed by atoms with E-state index in [1.165, 1.54) is 5.69 Å². The van der Waals surface area contributed by atoms with Gasteiger partial charge in [0.25, 0.3) is 5.56 Å². The molecule has 196 valence electrons. The lowest BCUT2D eigenvalue weighted by atomic mass is 9.96. The number of piperazine rings is 1. The summed E-state index contributed by atoms with van der Waals surface area (Å²) < 4.78 is 1.82. The van der Waals surface area contributed by atoms with Gasteiger partial charge in [0.2, 0.25) is 5.95 Å². The Hall–Kier alpha value is -3.75. The number of benzene rings is 2. The molecule has 6 rings (SSSR count). The molecule has 0 amide bonds. The zero-order chi connectivity index (χ0) is 26.1. The van der Waals surface area contributed by atoms with Gasteiger partial charge in [-0.05, 0) is 55.2 Å². The molecule has 2 aromatic carbocycles. The monoisotopic (exact) mass is 510 g/mol. The average Bonchev–Trinajstić information content (AvgIpc) is 3.49. The zero-order valence-corrected chi connectivity index (χ0v) is 21.7. The van der Waals surface area contributed by atoms with Crippen molar-refractivity contribution in [2.24, 2.45) is 0 Å². The van der Waals surface area contributed by atoms with Crippen molar-refractivity contribution in [1.29, 1.82) is 0 Å².